The first kappa shape index (κ1) is 18.2. The molecule has 0 bridgehead atoms. The molecule has 1 aliphatic rings. The Morgan fingerprint density at radius 3 is 2.44 bits per heavy atom. The van der Waals surface area contributed by atoms with Gasteiger partial charge >= 0.3 is 0 Å². The van der Waals surface area contributed by atoms with E-state index >= 15 is 0 Å². The summed E-state index contributed by atoms with van der Waals surface area (Å²) >= 11 is 1.83. The zero-order chi connectivity index (χ0) is 18.5. The van der Waals surface area contributed by atoms with Gasteiger partial charge in [-0.3, -0.25) is 9.80 Å². The van der Waals surface area contributed by atoms with Gasteiger partial charge in [-0.05, 0) is 42.6 Å². The molecule has 142 valence electrons. The van der Waals surface area contributed by atoms with Crippen molar-refractivity contribution in [1.82, 2.24) is 19.9 Å². The summed E-state index contributed by atoms with van der Waals surface area (Å²) in [5, 5.41) is 6.27. The van der Waals surface area contributed by atoms with E-state index < -0.39 is 0 Å². The van der Waals surface area contributed by atoms with Gasteiger partial charge in [0, 0.05) is 43.2 Å². The number of hydrogen-bond acceptors (Lipinski definition) is 7. The van der Waals surface area contributed by atoms with Crippen molar-refractivity contribution in [3.63, 3.8) is 0 Å². The van der Waals surface area contributed by atoms with E-state index in [1.54, 1.807) is 0 Å². The van der Waals surface area contributed by atoms with Crippen LogP contribution in [0.2, 0.25) is 0 Å². The molecular weight excluding hydrogens is 360 g/mol. The van der Waals surface area contributed by atoms with Crippen LogP contribution in [0, 0.1) is 0 Å². The largest absolute Gasteiger partial charge is 0.494 e. The standard InChI is InChI=1S/C20H24N4O2S/c1-2-25-17-7-5-16(6-8-17)20-21-19(26-22-20)15-24-11-9-23(10-12-24)14-18-4-3-13-27-18/h3-8,13H,2,9-12,14-15H2,1H3. The van der Waals surface area contributed by atoms with Gasteiger partial charge in [-0.2, -0.15) is 4.98 Å². The highest BCUT2D eigenvalue weighted by Crippen LogP contribution is 2.21. The maximum absolute atomic E-state index is 5.47. The van der Waals surface area contributed by atoms with Gasteiger partial charge in [0.1, 0.15) is 5.75 Å². The second-order valence-corrected chi connectivity index (χ2v) is 7.63. The van der Waals surface area contributed by atoms with E-state index in [-0.39, 0.29) is 0 Å². The van der Waals surface area contributed by atoms with Crippen molar-refractivity contribution in [2.45, 2.75) is 20.0 Å². The van der Waals surface area contributed by atoms with E-state index in [2.05, 4.69) is 37.5 Å². The molecule has 6 nitrogen and oxygen atoms in total. The maximum atomic E-state index is 5.47. The van der Waals surface area contributed by atoms with Crippen LogP contribution in [-0.4, -0.2) is 52.7 Å². The molecule has 4 rings (SSSR count). The Morgan fingerprint density at radius 2 is 1.78 bits per heavy atom. The highest BCUT2D eigenvalue weighted by molar-refractivity contribution is 7.09. The highest BCUT2D eigenvalue weighted by atomic mass is 32.1. The Bertz CT molecular complexity index is 824. The molecule has 0 unspecified atom stereocenters. The number of thiophene rings is 1. The lowest BCUT2D eigenvalue weighted by Crippen LogP contribution is -2.45. The number of ether oxygens (including phenoxy) is 1. The predicted octanol–water partition coefficient (Wildman–Crippen LogP) is 3.51. The van der Waals surface area contributed by atoms with E-state index in [0.717, 1.165) is 44.0 Å². The summed E-state index contributed by atoms with van der Waals surface area (Å²) in [4.78, 5) is 10.9. The molecule has 2 aromatic heterocycles. The molecule has 7 heteroatoms. The summed E-state index contributed by atoms with van der Waals surface area (Å²) in [7, 11) is 0. The average Bonchev–Trinajstić information content (AvgIpc) is 3.37. The van der Waals surface area contributed by atoms with Crippen LogP contribution in [0.3, 0.4) is 0 Å². The molecular formula is C20H24N4O2S. The molecule has 0 atom stereocenters. The minimum Gasteiger partial charge on any atom is -0.494 e. The first-order valence-electron chi connectivity index (χ1n) is 9.33. The van der Waals surface area contributed by atoms with Crippen molar-refractivity contribution in [3.8, 4) is 17.1 Å². The first-order valence-corrected chi connectivity index (χ1v) is 10.2. The molecule has 0 aliphatic carbocycles. The normalized spacial score (nSPS) is 15.9. The number of hydrogen-bond donors (Lipinski definition) is 0. The van der Waals surface area contributed by atoms with Crippen molar-refractivity contribution < 1.29 is 9.26 Å². The summed E-state index contributed by atoms with van der Waals surface area (Å²) in [6.07, 6.45) is 0. The molecule has 0 amide bonds. The molecule has 0 saturated carbocycles. The topological polar surface area (TPSA) is 54.6 Å². The van der Waals surface area contributed by atoms with Crippen molar-refractivity contribution in [1.29, 1.82) is 0 Å². The van der Waals surface area contributed by atoms with Crippen molar-refractivity contribution in [2.75, 3.05) is 32.8 Å². The molecule has 0 N–H and O–H groups in total. The van der Waals surface area contributed by atoms with Gasteiger partial charge in [0.25, 0.3) is 0 Å². The molecule has 1 aromatic carbocycles. The summed E-state index contributed by atoms with van der Waals surface area (Å²) in [5.74, 6) is 2.15. The molecule has 1 saturated heterocycles. The third-order valence-electron chi connectivity index (χ3n) is 4.67. The molecule has 3 heterocycles. The van der Waals surface area contributed by atoms with Gasteiger partial charge in [0.2, 0.25) is 11.7 Å². The predicted molar refractivity (Wildman–Crippen MR) is 106 cm³/mol. The second kappa shape index (κ2) is 8.65. The van der Waals surface area contributed by atoms with E-state index in [4.69, 9.17) is 9.26 Å². The van der Waals surface area contributed by atoms with Crippen LogP contribution >= 0.6 is 11.3 Å². The van der Waals surface area contributed by atoms with Crippen LogP contribution in [-0.2, 0) is 13.1 Å². The van der Waals surface area contributed by atoms with Gasteiger partial charge in [0.15, 0.2) is 0 Å². The van der Waals surface area contributed by atoms with Crippen LogP contribution in [0.25, 0.3) is 11.4 Å². The van der Waals surface area contributed by atoms with Crippen molar-refractivity contribution in [3.05, 3.63) is 52.5 Å². The molecule has 1 fully saturated rings. The van der Waals surface area contributed by atoms with E-state index in [1.807, 2.05) is 42.5 Å². The molecule has 0 radical (unpaired) electrons. The maximum Gasteiger partial charge on any atom is 0.241 e. The average molecular weight is 385 g/mol. The van der Waals surface area contributed by atoms with Crippen LogP contribution in [0.15, 0.2) is 46.3 Å². The number of rotatable bonds is 7. The van der Waals surface area contributed by atoms with E-state index in [1.165, 1.54) is 4.88 Å². The number of benzene rings is 1. The fraction of sp³-hybridized carbons (Fsp3) is 0.400. The first-order chi connectivity index (χ1) is 13.3. The molecule has 27 heavy (non-hydrogen) atoms. The lowest BCUT2D eigenvalue weighted by molar-refractivity contribution is 0.113. The monoisotopic (exact) mass is 384 g/mol. The number of nitrogens with zero attached hydrogens (tertiary/aromatic N) is 4. The van der Waals surface area contributed by atoms with Gasteiger partial charge in [-0.15, -0.1) is 11.3 Å². The third-order valence-corrected chi connectivity index (χ3v) is 5.54. The zero-order valence-electron chi connectivity index (χ0n) is 15.5. The van der Waals surface area contributed by atoms with Crippen LogP contribution in [0.4, 0.5) is 0 Å². The third kappa shape index (κ3) is 4.74. The fourth-order valence-corrected chi connectivity index (χ4v) is 3.97. The Labute approximate surface area is 163 Å². The van der Waals surface area contributed by atoms with E-state index in [9.17, 15) is 0 Å². The van der Waals surface area contributed by atoms with Crippen LogP contribution in [0.5, 0.6) is 5.75 Å². The van der Waals surface area contributed by atoms with E-state index in [0.29, 0.717) is 24.9 Å². The summed E-state index contributed by atoms with van der Waals surface area (Å²) in [6.45, 7) is 8.56. The summed E-state index contributed by atoms with van der Waals surface area (Å²) in [6, 6.07) is 12.1. The van der Waals surface area contributed by atoms with Gasteiger partial charge in [-0.25, -0.2) is 0 Å². The van der Waals surface area contributed by atoms with Gasteiger partial charge in [-0.1, -0.05) is 11.2 Å². The number of piperazine rings is 1. The summed E-state index contributed by atoms with van der Waals surface area (Å²) < 4.78 is 10.9. The Kier molecular flexibility index (Phi) is 5.81. The lowest BCUT2D eigenvalue weighted by Gasteiger charge is -2.33. The minimum atomic E-state index is 0.629. The van der Waals surface area contributed by atoms with Crippen molar-refractivity contribution >= 4 is 11.3 Å². The quantitative estimate of drug-likeness (QED) is 0.621. The Hall–Kier alpha value is -2.22. The smallest absolute Gasteiger partial charge is 0.241 e. The Morgan fingerprint density at radius 1 is 1.04 bits per heavy atom. The fourth-order valence-electron chi connectivity index (χ4n) is 3.22. The van der Waals surface area contributed by atoms with Crippen LogP contribution in [0.1, 0.15) is 17.7 Å². The van der Waals surface area contributed by atoms with Gasteiger partial charge < -0.3 is 9.26 Å². The molecule has 3 aromatic rings. The SMILES string of the molecule is CCOc1ccc(-c2noc(CN3CCN(Cc4cccs4)CC3)n2)cc1. The van der Waals surface area contributed by atoms with Gasteiger partial charge in [0.05, 0.1) is 13.2 Å². The zero-order valence-corrected chi connectivity index (χ0v) is 16.3. The van der Waals surface area contributed by atoms with Crippen LogP contribution < -0.4 is 4.74 Å². The number of aromatic nitrogens is 2. The minimum absolute atomic E-state index is 0.629. The lowest BCUT2D eigenvalue weighted by atomic mass is 10.2. The van der Waals surface area contributed by atoms with Crippen molar-refractivity contribution in [2.24, 2.45) is 0 Å². The Balaban J connectivity index is 1.29. The molecule has 0 spiro atoms. The molecule has 1 aliphatic heterocycles. The summed E-state index contributed by atoms with van der Waals surface area (Å²) in [5.41, 5.74) is 0.939. The highest BCUT2D eigenvalue weighted by Gasteiger charge is 2.19. The second-order valence-electron chi connectivity index (χ2n) is 6.60.